The van der Waals surface area contributed by atoms with E-state index in [1.54, 1.807) is 30.3 Å². The molecular formula is C22H23N3O4. The Balaban J connectivity index is 1.77. The van der Waals surface area contributed by atoms with Crippen molar-refractivity contribution in [3.63, 3.8) is 0 Å². The van der Waals surface area contributed by atoms with E-state index in [4.69, 9.17) is 10.00 Å². The van der Waals surface area contributed by atoms with Crippen LogP contribution in [-0.2, 0) is 19.7 Å². The summed E-state index contributed by atoms with van der Waals surface area (Å²) in [4.78, 5) is 35.7. The van der Waals surface area contributed by atoms with Gasteiger partial charge in [0.2, 0.25) is 0 Å². The molecule has 0 aliphatic rings. The van der Waals surface area contributed by atoms with Crippen LogP contribution < -0.4 is 10.6 Å². The van der Waals surface area contributed by atoms with Crippen molar-refractivity contribution >= 4 is 23.5 Å². The molecule has 0 radical (unpaired) electrons. The molecule has 0 saturated heterocycles. The van der Waals surface area contributed by atoms with Gasteiger partial charge in [0, 0.05) is 11.3 Å². The van der Waals surface area contributed by atoms with Gasteiger partial charge in [0.1, 0.15) is 6.54 Å². The first-order chi connectivity index (χ1) is 13.7. The number of rotatable bonds is 6. The van der Waals surface area contributed by atoms with Crippen LogP contribution in [0.3, 0.4) is 0 Å². The number of carbonyl (C=O) groups excluding carboxylic acids is 3. The van der Waals surface area contributed by atoms with E-state index in [0.717, 1.165) is 5.56 Å². The van der Waals surface area contributed by atoms with Crippen LogP contribution in [0.5, 0.6) is 0 Å². The molecule has 0 heterocycles. The minimum atomic E-state index is -0.731. The van der Waals surface area contributed by atoms with E-state index < -0.39 is 24.4 Å². The fraction of sp³-hybridized carbons (Fsp3) is 0.273. The van der Waals surface area contributed by atoms with Crippen molar-refractivity contribution in [1.82, 2.24) is 5.32 Å². The quantitative estimate of drug-likeness (QED) is 0.734. The molecule has 0 spiro atoms. The summed E-state index contributed by atoms with van der Waals surface area (Å²) in [6.45, 7) is 5.39. The van der Waals surface area contributed by atoms with Crippen molar-refractivity contribution in [2.75, 3.05) is 18.5 Å². The summed E-state index contributed by atoms with van der Waals surface area (Å²) in [6.07, 6.45) is 0. The number of hydrogen-bond donors (Lipinski definition) is 2. The predicted molar refractivity (Wildman–Crippen MR) is 108 cm³/mol. The van der Waals surface area contributed by atoms with E-state index in [2.05, 4.69) is 31.4 Å². The first kappa shape index (κ1) is 21.6. The van der Waals surface area contributed by atoms with Gasteiger partial charge in [0.05, 0.1) is 11.6 Å². The van der Waals surface area contributed by atoms with Crippen LogP contribution in [0.25, 0.3) is 0 Å². The van der Waals surface area contributed by atoms with Gasteiger partial charge < -0.3 is 15.4 Å². The smallest absolute Gasteiger partial charge is 0.325 e. The number of esters is 1. The lowest BCUT2D eigenvalue weighted by molar-refractivity contribution is -0.146. The third-order valence-electron chi connectivity index (χ3n) is 4.05. The van der Waals surface area contributed by atoms with Gasteiger partial charge in [-0.3, -0.25) is 14.4 Å². The Morgan fingerprint density at radius 3 is 2.38 bits per heavy atom. The van der Waals surface area contributed by atoms with Crippen molar-refractivity contribution in [1.29, 1.82) is 5.26 Å². The molecule has 0 aliphatic carbocycles. The topological polar surface area (TPSA) is 108 Å². The van der Waals surface area contributed by atoms with Gasteiger partial charge >= 0.3 is 5.97 Å². The molecule has 2 rings (SSSR count). The van der Waals surface area contributed by atoms with Crippen molar-refractivity contribution in [2.45, 2.75) is 26.2 Å². The molecule has 2 amide bonds. The van der Waals surface area contributed by atoms with Crippen molar-refractivity contribution in [2.24, 2.45) is 0 Å². The van der Waals surface area contributed by atoms with Crippen LogP contribution in [0.4, 0.5) is 5.69 Å². The van der Waals surface area contributed by atoms with Crippen LogP contribution in [0, 0.1) is 11.3 Å². The Hall–Kier alpha value is -3.66. The van der Waals surface area contributed by atoms with Gasteiger partial charge in [0.25, 0.3) is 11.8 Å². The van der Waals surface area contributed by atoms with E-state index in [0.29, 0.717) is 16.8 Å². The number of carbonyl (C=O) groups is 3. The fourth-order valence-electron chi connectivity index (χ4n) is 2.44. The highest BCUT2D eigenvalue weighted by Gasteiger charge is 2.15. The van der Waals surface area contributed by atoms with Crippen LogP contribution in [-0.4, -0.2) is 30.9 Å². The number of nitrogens with zero attached hydrogens (tertiary/aromatic N) is 1. The number of anilines is 1. The van der Waals surface area contributed by atoms with Crippen LogP contribution in [0.15, 0.2) is 48.5 Å². The standard InChI is InChI=1S/C22H23N3O4/c1-22(2,3)17-9-7-16(8-10-17)21(28)24-13-20(27)29-14-19(26)25-18-6-4-5-15(11-18)12-23/h4-11H,13-14H2,1-3H3,(H,24,28)(H,25,26). The maximum atomic E-state index is 12.1. The maximum Gasteiger partial charge on any atom is 0.325 e. The minimum absolute atomic E-state index is 0.0185. The Kier molecular flexibility index (Phi) is 7.10. The van der Waals surface area contributed by atoms with Crippen molar-refractivity contribution in [3.05, 3.63) is 65.2 Å². The number of amides is 2. The second-order valence-corrected chi connectivity index (χ2v) is 7.41. The Labute approximate surface area is 169 Å². The zero-order valence-electron chi connectivity index (χ0n) is 16.6. The van der Waals surface area contributed by atoms with Gasteiger partial charge in [-0.2, -0.15) is 5.26 Å². The second-order valence-electron chi connectivity index (χ2n) is 7.41. The third-order valence-corrected chi connectivity index (χ3v) is 4.05. The highest BCUT2D eigenvalue weighted by Crippen LogP contribution is 2.22. The van der Waals surface area contributed by atoms with Crippen molar-refractivity contribution in [3.8, 4) is 6.07 Å². The summed E-state index contributed by atoms with van der Waals surface area (Å²) in [5.41, 5.74) is 2.34. The zero-order chi connectivity index (χ0) is 21.4. The molecule has 2 aromatic rings. The van der Waals surface area contributed by atoms with Crippen LogP contribution in [0.1, 0.15) is 42.3 Å². The summed E-state index contributed by atoms with van der Waals surface area (Å²) in [5, 5.41) is 13.8. The maximum absolute atomic E-state index is 12.1. The van der Waals surface area contributed by atoms with Gasteiger partial charge in [-0.1, -0.05) is 39.0 Å². The van der Waals surface area contributed by atoms with Gasteiger partial charge in [-0.25, -0.2) is 0 Å². The highest BCUT2D eigenvalue weighted by molar-refractivity contribution is 5.96. The zero-order valence-corrected chi connectivity index (χ0v) is 16.6. The molecule has 7 heteroatoms. The molecule has 2 aromatic carbocycles. The van der Waals surface area contributed by atoms with E-state index >= 15 is 0 Å². The number of benzene rings is 2. The summed E-state index contributed by atoms with van der Waals surface area (Å²) >= 11 is 0. The highest BCUT2D eigenvalue weighted by atomic mass is 16.5. The van der Waals surface area contributed by atoms with E-state index in [1.807, 2.05) is 18.2 Å². The third kappa shape index (κ3) is 6.78. The lowest BCUT2D eigenvalue weighted by Gasteiger charge is -2.19. The molecule has 150 valence electrons. The Bertz CT molecular complexity index is 938. The lowest BCUT2D eigenvalue weighted by Crippen LogP contribution is -2.32. The van der Waals surface area contributed by atoms with E-state index in [9.17, 15) is 14.4 Å². The predicted octanol–water partition coefficient (Wildman–Crippen LogP) is 2.77. The van der Waals surface area contributed by atoms with Gasteiger partial charge in [-0.05, 0) is 41.3 Å². The molecule has 0 unspecified atom stereocenters. The van der Waals surface area contributed by atoms with Gasteiger partial charge in [-0.15, -0.1) is 0 Å². The Morgan fingerprint density at radius 2 is 1.76 bits per heavy atom. The van der Waals surface area contributed by atoms with Crippen LogP contribution in [0.2, 0.25) is 0 Å². The molecular weight excluding hydrogens is 370 g/mol. The molecule has 0 saturated carbocycles. The molecule has 29 heavy (non-hydrogen) atoms. The lowest BCUT2D eigenvalue weighted by atomic mass is 9.87. The largest absolute Gasteiger partial charge is 0.454 e. The normalized spacial score (nSPS) is 10.6. The summed E-state index contributed by atoms with van der Waals surface area (Å²) in [5.74, 6) is -1.68. The SMILES string of the molecule is CC(C)(C)c1ccc(C(=O)NCC(=O)OCC(=O)Nc2cccc(C#N)c2)cc1. The second kappa shape index (κ2) is 9.51. The fourth-order valence-corrected chi connectivity index (χ4v) is 2.44. The van der Waals surface area contributed by atoms with Crippen molar-refractivity contribution < 1.29 is 19.1 Å². The summed E-state index contributed by atoms with van der Waals surface area (Å²) < 4.78 is 4.85. The molecule has 2 N–H and O–H groups in total. The molecule has 0 aromatic heterocycles. The average Bonchev–Trinajstić information content (AvgIpc) is 2.70. The summed E-state index contributed by atoms with van der Waals surface area (Å²) in [6, 6.07) is 15.5. The number of hydrogen-bond acceptors (Lipinski definition) is 5. The van der Waals surface area contributed by atoms with E-state index in [1.165, 1.54) is 6.07 Å². The monoisotopic (exact) mass is 393 g/mol. The van der Waals surface area contributed by atoms with E-state index in [-0.39, 0.29) is 12.0 Å². The molecule has 7 nitrogen and oxygen atoms in total. The summed E-state index contributed by atoms with van der Waals surface area (Å²) in [7, 11) is 0. The number of ether oxygens (including phenoxy) is 1. The molecule has 0 bridgehead atoms. The Morgan fingerprint density at radius 1 is 1.07 bits per heavy atom. The molecule has 0 atom stereocenters. The minimum Gasteiger partial charge on any atom is -0.454 e. The number of nitriles is 1. The first-order valence-corrected chi connectivity index (χ1v) is 9.03. The van der Waals surface area contributed by atoms with Gasteiger partial charge in [0.15, 0.2) is 6.61 Å². The molecule has 0 aliphatic heterocycles. The van der Waals surface area contributed by atoms with Crippen LogP contribution >= 0.6 is 0 Å². The first-order valence-electron chi connectivity index (χ1n) is 9.03. The average molecular weight is 393 g/mol. The molecule has 0 fully saturated rings. The number of nitrogens with one attached hydrogen (secondary N) is 2.